The molecular formula is C21H27BrN4O3. The van der Waals surface area contributed by atoms with Crippen molar-refractivity contribution in [1.29, 1.82) is 0 Å². The van der Waals surface area contributed by atoms with Gasteiger partial charge in [-0.25, -0.2) is 4.79 Å². The lowest BCUT2D eigenvalue weighted by molar-refractivity contribution is -0.114. The summed E-state index contributed by atoms with van der Waals surface area (Å²) in [4.78, 5) is 41.3. The maximum Gasteiger partial charge on any atom is 0.330 e. The predicted octanol–water partition coefficient (Wildman–Crippen LogP) is 3.53. The lowest BCUT2D eigenvalue weighted by Gasteiger charge is -2.23. The summed E-state index contributed by atoms with van der Waals surface area (Å²) in [5, 5.41) is 0. The zero-order valence-corrected chi connectivity index (χ0v) is 18.4. The number of carbonyl (C=O) groups excluding carboxylic acids is 1. The van der Waals surface area contributed by atoms with Gasteiger partial charge < -0.3 is 10.6 Å². The summed E-state index contributed by atoms with van der Waals surface area (Å²) in [7, 11) is 0. The number of halogens is 1. The molecule has 0 saturated carbocycles. The van der Waals surface area contributed by atoms with Crippen LogP contribution < -0.4 is 21.9 Å². The SMILES string of the molecule is CCCCN(C(=O)/C=C/c1cccc(Br)c1)c1c(N)n(CCCC)c(=O)[nH]c1=O. The number of nitrogens with zero attached hydrogens (tertiary/aromatic N) is 2. The Kier molecular flexibility index (Phi) is 8.45. The Bertz CT molecular complexity index is 994. The van der Waals surface area contributed by atoms with Crippen LogP contribution in [0.1, 0.15) is 45.1 Å². The van der Waals surface area contributed by atoms with Crippen LogP contribution in [0.3, 0.4) is 0 Å². The van der Waals surface area contributed by atoms with Gasteiger partial charge in [0.15, 0.2) is 5.69 Å². The fraction of sp³-hybridized carbons (Fsp3) is 0.381. The minimum Gasteiger partial charge on any atom is -0.383 e. The summed E-state index contributed by atoms with van der Waals surface area (Å²) in [6, 6.07) is 7.52. The molecule has 0 radical (unpaired) electrons. The number of hydrogen-bond acceptors (Lipinski definition) is 4. The normalized spacial score (nSPS) is 11.1. The third-order valence-corrected chi connectivity index (χ3v) is 4.98. The zero-order valence-electron chi connectivity index (χ0n) is 16.8. The topological polar surface area (TPSA) is 101 Å². The molecule has 7 nitrogen and oxygen atoms in total. The Morgan fingerprint density at radius 3 is 2.62 bits per heavy atom. The number of hydrogen-bond donors (Lipinski definition) is 2. The second-order valence-electron chi connectivity index (χ2n) is 6.73. The monoisotopic (exact) mass is 462 g/mol. The molecule has 2 aromatic rings. The molecule has 8 heteroatoms. The molecular weight excluding hydrogens is 436 g/mol. The number of unbranched alkanes of at least 4 members (excludes halogenated alkanes) is 2. The van der Waals surface area contributed by atoms with Crippen molar-refractivity contribution in [3.63, 3.8) is 0 Å². The van der Waals surface area contributed by atoms with Crippen LogP contribution in [0.4, 0.5) is 11.5 Å². The summed E-state index contributed by atoms with van der Waals surface area (Å²) in [5.41, 5.74) is 5.84. The predicted molar refractivity (Wildman–Crippen MR) is 121 cm³/mol. The fourth-order valence-electron chi connectivity index (χ4n) is 2.89. The van der Waals surface area contributed by atoms with Crippen LogP contribution in [0.2, 0.25) is 0 Å². The first-order valence-corrected chi connectivity index (χ1v) is 10.6. The maximum absolute atomic E-state index is 13.0. The molecule has 0 unspecified atom stereocenters. The van der Waals surface area contributed by atoms with Gasteiger partial charge in [0.05, 0.1) is 0 Å². The number of rotatable bonds is 9. The van der Waals surface area contributed by atoms with Gasteiger partial charge in [-0.15, -0.1) is 0 Å². The summed E-state index contributed by atoms with van der Waals surface area (Å²) in [6.07, 6.45) is 6.24. The van der Waals surface area contributed by atoms with Crippen LogP contribution in [0.25, 0.3) is 6.08 Å². The Morgan fingerprint density at radius 2 is 1.97 bits per heavy atom. The molecule has 1 amide bonds. The first-order valence-electron chi connectivity index (χ1n) is 9.76. The third-order valence-electron chi connectivity index (χ3n) is 4.49. The van der Waals surface area contributed by atoms with Crippen LogP contribution in [0, 0.1) is 0 Å². The van der Waals surface area contributed by atoms with Crippen molar-refractivity contribution < 1.29 is 4.79 Å². The van der Waals surface area contributed by atoms with E-state index >= 15 is 0 Å². The minimum atomic E-state index is -0.652. The van der Waals surface area contributed by atoms with E-state index < -0.39 is 11.2 Å². The van der Waals surface area contributed by atoms with Gasteiger partial charge in [-0.2, -0.15) is 0 Å². The van der Waals surface area contributed by atoms with E-state index in [1.54, 1.807) is 6.08 Å². The summed E-state index contributed by atoms with van der Waals surface area (Å²) >= 11 is 3.40. The van der Waals surface area contributed by atoms with E-state index in [0.29, 0.717) is 19.5 Å². The number of H-pyrrole nitrogens is 1. The van der Waals surface area contributed by atoms with Crippen LogP contribution in [0.15, 0.2) is 44.4 Å². The van der Waals surface area contributed by atoms with Crippen molar-refractivity contribution >= 4 is 39.4 Å². The molecule has 2 rings (SSSR count). The third kappa shape index (κ3) is 5.93. The molecule has 156 valence electrons. The molecule has 0 aliphatic rings. The first kappa shape index (κ1) is 22.7. The number of aromatic nitrogens is 2. The van der Waals surface area contributed by atoms with Crippen LogP contribution >= 0.6 is 15.9 Å². The molecule has 3 N–H and O–H groups in total. The van der Waals surface area contributed by atoms with E-state index in [-0.39, 0.29) is 17.4 Å². The van der Waals surface area contributed by atoms with Crippen molar-refractivity contribution in [2.24, 2.45) is 0 Å². The van der Waals surface area contributed by atoms with Crippen molar-refractivity contribution in [3.8, 4) is 0 Å². The van der Waals surface area contributed by atoms with Crippen molar-refractivity contribution in [3.05, 3.63) is 61.2 Å². The number of amides is 1. The number of nitrogens with two attached hydrogens (primary N) is 1. The molecule has 0 aliphatic heterocycles. The van der Waals surface area contributed by atoms with Crippen molar-refractivity contribution in [2.75, 3.05) is 17.2 Å². The maximum atomic E-state index is 13.0. The van der Waals surface area contributed by atoms with Gasteiger partial charge in [0.2, 0.25) is 0 Å². The standard InChI is InChI=1S/C21H27BrN4O3/c1-3-5-12-25(17(27)11-10-15-8-7-9-16(22)14-15)18-19(23)26(13-6-4-2)21(29)24-20(18)28/h7-11,14H,3-6,12-13,23H2,1-2H3,(H,24,28,29)/b11-10+. The van der Waals surface area contributed by atoms with Gasteiger partial charge in [0.1, 0.15) is 5.82 Å². The highest BCUT2D eigenvalue weighted by Crippen LogP contribution is 2.19. The highest BCUT2D eigenvalue weighted by Gasteiger charge is 2.22. The molecule has 0 spiro atoms. The number of benzene rings is 1. The highest BCUT2D eigenvalue weighted by molar-refractivity contribution is 9.10. The molecule has 0 fully saturated rings. The zero-order chi connectivity index (χ0) is 21.4. The van der Waals surface area contributed by atoms with E-state index in [1.807, 2.05) is 38.1 Å². The van der Waals surface area contributed by atoms with Crippen molar-refractivity contribution in [2.45, 2.75) is 46.1 Å². The molecule has 1 heterocycles. The highest BCUT2D eigenvalue weighted by atomic mass is 79.9. The van der Waals surface area contributed by atoms with E-state index in [4.69, 9.17) is 5.73 Å². The molecule has 29 heavy (non-hydrogen) atoms. The van der Waals surface area contributed by atoms with Gasteiger partial charge in [0.25, 0.3) is 11.5 Å². The Labute approximate surface area is 178 Å². The number of anilines is 2. The van der Waals surface area contributed by atoms with Gasteiger partial charge in [-0.05, 0) is 36.6 Å². The molecule has 1 aromatic carbocycles. The summed E-state index contributed by atoms with van der Waals surface area (Å²) in [5.74, 6) is -0.344. The second kappa shape index (κ2) is 10.8. The van der Waals surface area contributed by atoms with Crippen LogP contribution in [0.5, 0.6) is 0 Å². The van der Waals surface area contributed by atoms with Crippen LogP contribution in [-0.4, -0.2) is 22.0 Å². The first-order chi connectivity index (χ1) is 13.9. The quantitative estimate of drug-likeness (QED) is 0.556. The Morgan fingerprint density at radius 1 is 1.24 bits per heavy atom. The number of nitrogen functional groups attached to an aromatic ring is 1. The van der Waals surface area contributed by atoms with E-state index in [1.165, 1.54) is 15.5 Å². The van der Waals surface area contributed by atoms with Gasteiger partial charge in [0, 0.05) is 23.6 Å². The number of aromatic amines is 1. The van der Waals surface area contributed by atoms with E-state index in [9.17, 15) is 14.4 Å². The second-order valence-corrected chi connectivity index (χ2v) is 7.65. The number of nitrogens with one attached hydrogen (secondary N) is 1. The van der Waals surface area contributed by atoms with E-state index in [0.717, 1.165) is 29.3 Å². The van der Waals surface area contributed by atoms with Gasteiger partial charge in [-0.3, -0.25) is 19.1 Å². The average molecular weight is 463 g/mol. The lowest BCUT2D eigenvalue weighted by atomic mass is 10.2. The number of carbonyl (C=O) groups is 1. The van der Waals surface area contributed by atoms with Gasteiger partial charge in [-0.1, -0.05) is 54.8 Å². The van der Waals surface area contributed by atoms with Crippen LogP contribution in [-0.2, 0) is 11.3 Å². The fourth-order valence-corrected chi connectivity index (χ4v) is 3.31. The summed E-state index contributed by atoms with van der Waals surface area (Å²) in [6.45, 7) is 4.71. The molecule has 0 saturated heterocycles. The molecule has 1 aromatic heterocycles. The lowest BCUT2D eigenvalue weighted by Crippen LogP contribution is -2.41. The average Bonchev–Trinajstić information content (AvgIpc) is 2.68. The molecule has 0 bridgehead atoms. The molecule has 0 aliphatic carbocycles. The van der Waals surface area contributed by atoms with E-state index in [2.05, 4.69) is 20.9 Å². The largest absolute Gasteiger partial charge is 0.383 e. The smallest absolute Gasteiger partial charge is 0.330 e. The summed E-state index contributed by atoms with van der Waals surface area (Å²) < 4.78 is 2.23. The minimum absolute atomic E-state index is 0.0208. The molecule has 0 atom stereocenters. The Hall–Kier alpha value is -2.61. The van der Waals surface area contributed by atoms with Crippen molar-refractivity contribution in [1.82, 2.24) is 9.55 Å². The Balaban J connectivity index is 2.45. The van der Waals surface area contributed by atoms with Gasteiger partial charge >= 0.3 is 5.69 Å².